The van der Waals surface area contributed by atoms with Gasteiger partial charge in [0.15, 0.2) is 5.96 Å². The van der Waals surface area contributed by atoms with E-state index < -0.39 is 5.91 Å². The highest BCUT2D eigenvalue weighted by Gasteiger charge is 2.07. The zero-order valence-electron chi connectivity index (χ0n) is 10.3. The molecule has 2 aromatic carbocycles. The minimum absolute atomic E-state index is 0.272. The molecule has 2 aromatic rings. The van der Waals surface area contributed by atoms with Crippen molar-refractivity contribution in [1.82, 2.24) is 0 Å². The van der Waals surface area contributed by atoms with Crippen molar-refractivity contribution in [3.63, 3.8) is 0 Å². The number of carbonyl (C=O) groups excluding carboxylic acids is 1. The van der Waals surface area contributed by atoms with Crippen LogP contribution in [0.4, 0.5) is 0 Å². The van der Waals surface area contributed by atoms with Crippen LogP contribution in [0.5, 0.6) is 0 Å². The average molecular weight is 308 g/mol. The van der Waals surface area contributed by atoms with Gasteiger partial charge in [0.25, 0.3) is 5.91 Å². The summed E-state index contributed by atoms with van der Waals surface area (Å²) in [6.45, 7) is 0. The van der Waals surface area contributed by atoms with Crippen LogP contribution in [0.3, 0.4) is 0 Å². The molecule has 0 aliphatic heterocycles. The summed E-state index contributed by atoms with van der Waals surface area (Å²) in [5, 5.41) is 1.04. The first kappa shape index (κ1) is 14.4. The standard InChI is InChI=1S/C14H11Cl2N3O/c15-11-5-10(6-12(16)7-11)8-2-1-3-9(4-8)13(20)19-14(17)18/h1-7H,(H4,17,18,19,20). The number of carbonyl (C=O) groups is 1. The minimum Gasteiger partial charge on any atom is -0.370 e. The summed E-state index contributed by atoms with van der Waals surface area (Å²) < 4.78 is 0. The molecule has 4 nitrogen and oxygen atoms in total. The Labute approximate surface area is 126 Å². The summed E-state index contributed by atoms with van der Waals surface area (Å²) in [6, 6.07) is 12.0. The van der Waals surface area contributed by atoms with Crippen molar-refractivity contribution in [2.75, 3.05) is 0 Å². The fourth-order valence-electron chi connectivity index (χ4n) is 1.73. The van der Waals surface area contributed by atoms with E-state index >= 15 is 0 Å². The number of rotatable bonds is 2. The molecule has 0 unspecified atom stereocenters. The molecule has 0 aliphatic carbocycles. The first-order valence-electron chi connectivity index (χ1n) is 5.66. The number of hydrogen-bond acceptors (Lipinski definition) is 1. The molecule has 0 saturated heterocycles. The third kappa shape index (κ3) is 3.50. The van der Waals surface area contributed by atoms with Gasteiger partial charge in [0, 0.05) is 15.6 Å². The molecule has 0 aromatic heterocycles. The van der Waals surface area contributed by atoms with Crippen molar-refractivity contribution in [3.05, 3.63) is 58.1 Å². The zero-order chi connectivity index (χ0) is 14.7. The second-order valence-corrected chi connectivity index (χ2v) is 4.95. The van der Waals surface area contributed by atoms with Crippen molar-refractivity contribution >= 4 is 35.1 Å². The van der Waals surface area contributed by atoms with Gasteiger partial charge in [0.2, 0.25) is 0 Å². The van der Waals surface area contributed by atoms with Crippen molar-refractivity contribution in [3.8, 4) is 11.1 Å². The molecule has 0 fully saturated rings. The van der Waals surface area contributed by atoms with Crippen LogP contribution in [0.15, 0.2) is 47.5 Å². The maximum atomic E-state index is 11.8. The minimum atomic E-state index is -0.500. The number of halogens is 2. The smallest absolute Gasteiger partial charge is 0.280 e. The second kappa shape index (κ2) is 5.94. The predicted molar refractivity (Wildman–Crippen MR) is 82.0 cm³/mol. The Morgan fingerprint density at radius 3 is 2.20 bits per heavy atom. The Morgan fingerprint density at radius 1 is 0.950 bits per heavy atom. The number of hydrogen-bond donors (Lipinski definition) is 2. The van der Waals surface area contributed by atoms with Crippen LogP contribution in [-0.4, -0.2) is 11.9 Å². The van der Waals surface area contributed by atoms with E-state index in [1.54, 1.807) is 36.4 Å². The molecule has 0 aliphatic rings. The number of amides is 1. The van der Waals surface area contributed by atoms with Crippen LogP contribution in [-0.2, 0) is 0 Å². The summed E-state index contributed by atoms with van der Waals surface area (Å²) in [7, 11) is 0. The van der Waals surface area contributed by atoms with E-state index in [1.807, 2.05) is 6.07 Å². The summed E-state index contributed by atoms with van der Waals surface area (Å²) in [5.41, 5.74) is 12.4. The van der Waals surface area contributed by atoms with Gasteiger partial charge in [0.05, 0.1) is 0 Å². The Kier molecular flexibility index (Phi) is 4.27. The Bertz CT molecular complexity index is 674. The Hall–Kier alpha value is -2.04. The molecule has 4 N–H and O–H groups in total. The van der Waals surface area contributed by atoms with Crippen LogP contribution in [0.25, 0.3) is 11.1 Å². The van der Waals surface area contributed by atoms with Gasteiger partial charge < -0.3 is 11.5 Å². The fraction of sp³-hybridized carbons (Fsp3) is 0. The van der Waals surface area contributed by atoms with Crippen LogP contribution >= 0.6 is 23.2 Å². The molecular formula is C14H11Cl2N3O. The molecule has 0 bridgehead atoms. The lowest BCUT2D eigenvalue weighted by Gasteiger charge is -2.05. The highest BCUT2D eigenvalue weighted by Crippen LogP contribution is 2.27. The maximum absolute atomic E-state index is 11.8. The lowest BCUT2D eigenvalue weighted by Crippen LogP contribution is -2.24. The van der Waals surface area contributed by atoms with Gasteiger partial charge in [-0.3, -0.25) is 4.79 Å². The third-order valence-electron chi connectivity index (χ3n) is 2.54. The molecule has 0 atom stereocenters. The average Bonchev–Trinajstić information content (AvgIpc) is 2.37. The summed E-state index contributed by atoms with van der Waals surface area (Å²) in [5.74, 6) is -0.772. The SMILES string of the molecule is NC(N)=NC(=O)c1cccc(-c2cc(Cl)cc(Cl)c2)c1. The van der Waals surface area contributed by atoms with Gasteiger partial charge in [-0.05, 0) is 41.5 Å². The first-order valence-corrected chi connectivity index (χ1v) is 6.42. The molecule has 6 heteroatoms. The quantitative estimate of drug-likeness (QED) is 0.661. The van der Waals surface area contributed by atoms with Crippen molar-refractivity contribution < 1.29 is 4.79 Å². The van der Waals surface area contributed by atoms with Crippen molar-refractivity contribution in [2.24, 2.45) is 16.5 Å². The molecule has 1 amide bonds. The first-order chi connectivity index (χ1) is 9.45. The maximum Gasteiger partial charge on any atom is 0.280 e. The molecule has 2 rings (SSSR count). The number of nitrogens with two attached hydrogens (primary N) is 2. The van der Waals surface area contributed by atoms with E-state index in [0.29, 0.717) is 15.6 Å². The lowest BCUT2D eigenvalue weighted by molar-refractivity contribution is 0.100. The van der Waals surface area contributed by atoms with Crippen LogP contribution < -0.4 is 11.5 Å². The van der Waals surface area contributed by atoms with Gasteiger partial charge in [-0.15, -0.1) is 0 Å². The molecular weight excluding hydrogens is 297 g/mol. The highest BCUT2D eigenvalue weighted by molar-refractivity contribution is 6.35. The predicted octanol–water partition coefficient (Wildman–Crippen LogP) is 3.07. The molecule has 0 saturated carbocycles. The van der Waals surface area contributed by atoms with E-state index in [2.05, 4.69) is 4.99 Å². The Morgan fingerprint density at radius 2 is 1.60 bits per heavy atom. The summed E-state index contributed by atoms with van der Waals surface area (Å²) in [6.07, 6.45) is 0. The number of aliphatic imine (C=N–C) groups is 1. The van der Waals surface area contributed by atoms with Crippen LogP contribution in [0, 0.1) is 0 Å². The number of benzene rings is 2. The van der Waals surface area contributed by atoms with Gasteiger partial charge in [-0.25, -0.2) is 0 Å². The Balaban J connectivity index is 2.44. The monoisotopic (exact) mass is 307 g/mol. The molecule has 0 radical (unpaired) electrons. The lowest BCUT2D eigenvalue weighted by atomic mass is 10.0. The van der Waals surface area contributed by atoms with Gasteiger partial charge in [0.1, 0.15) is 0 Å². The van der Waals surface area contributed by atoms with Crippen LogP contribution in [0.2, 0.25) is 10.0 Å². The normalized spacial score (nSPS) is 10.1. The van der Waals surface area contributed by atoms with Crippen LogP contribution in [0.1, 0.15) is 10.4 Å². The largest absolute Gasteiger partial charge is 0.370 e. The number of nitrogens with zero attached hydrogens (tertiary/aromatic N) is 1. The van der Waals surface area contributed by atoms with E-state index in [0.717, 1.165) is 11.1 Å². The molecule has 102 valence electrons. The van der Waals surface area contributed by atoms with E-state index in [9.17, 15) is 4.79 Å². The third-order valence-corrected chi connectivity index (χ3v) is 2.97. The topological polar surface area (TPSA) is 81.5 Å². The van der Waals surface area contributed by atoms with E-state index in [-0.39, 0.29) is 5.96 Å². The zero-order valence-corrected chi connectivity index (χ0v) is 11.8. The molecule has 20 heavy (non-hydrogen) atoms. The van der Waals surface area contributed by atoms with Crippen molar-refractivity contribution in [2.45, 2.75) is 0 Å². The highest BCUT2D eigenvalue weighted by atomic mass is 35.5. The molecule has 0 heterocycles. The van der Waals surface area contributed by atoms with Crippen molar-refractivity contribution in [1.29, 1.82) is 0 Å². The fourth-order valence-corrected chi connectivity index (χ4v) is 2.26. The van der Waals surface area contributed by atoms with Gasteiger partial charge >= 0.3 is 0 Å². The second-order valence-electron chi connectivity index (χ2n) is 4.08. The van der Waals surface area contributed by atoms with Gasteiger partial charge in [-0.1, -0.05) is 35.3 Å². The summed E-state index contributed by atoms with van der Waals surface area (Å²) >= 11 is 11.9. The van der Waals surface area contributed by atoms with E-state index in [4.69, 9.17) is 34.7 Å². The number of guanidine groups is 1. The van der Waals surface area contributed by atoms with E-state index in [1.165, 1.54) is 0 Å². The van der Waals surface area contributed by atoms with Gasteiger partial charge in [-0.2, -0.15) is 4.99 Å². The molecule has 0 spiro atoms. The summed E-state index contributed by atoms with van der Waals surface area (Å²) in [4.78, 5) is 15.3.